The van der Waals surface area contributed by atoms with Crippen LogP contribution in [-0.2, 0) is 11.8 Å². The van der Waals surface area contributed by atoms with Gasteiger partial charge in [0.25, 0.3) is 0 Å². The van der Waals surface area contributed by atoms with Crippen molar-refractivity contribution in [2.24, 2.45) is 7.05 Å². The number of nitrogens with zero attached hydrogens (tertiary/aromatic N) is 5. The van der Waals surface area contributed by atoms with Crippen molar-refractivity contribution in [3.8, 4) is 0 Å². The van der Waals surface area contributed by atoms with Gasteiger partial charge in [0.1, 0.15) is 5.82 Å². The number of likely N-dealkylation sites (tertiary alicyclic amines) is 2. The Balaban J connectivity index is 1.61. The second-order valence-corrected chi connectivity index (χ2v) is 7.04. The molecule has 22 heavy (non-hydrogen) atoms. The van der Waals surface area contributed by atoms with Gasteiger partial charge in [-0.25, -0.2) is 0 Å². The monoisotopic (exact) mass is 323 g/mol. The Kier molecular flexibility index (Phi) is 5.03. The van der Waals surface area contributed by atoms with E-state index in [4.69, 9.17) is 0 Å². The number of thioether (sulfide) groups is 1. The van der Waals surface area contributed by atoms with E-state index in [0.717, 1.165) is 62.8 Å². The second kappa shape index (κ2) is 7.00. The van der Waals surface area contributed by atoms with Crippen LogP contribution in [0.2, 0.25) is 0 Å². The van der Waals surface area contributed by atoms with Gasteiger partial charge in [-0.05, 0) is 38.5 Å². The van der Waals surface area contributed by atoms with E-state index < -0.39 is 0 Å². The van der Waals surface area contributed by atoms with Crippen molar-refractivity contribution in [1.82, 2.24) is 24.6 Å². The molecule has 3 heterocycles. The second-order valence-electron chi connectivity index (χ2n) is 6.27. The van der Waals surface area contributed by atoms with Crippen LogP contribution in [0.15, 0.2) is 5.16 Å². The highest BCUT2D eigenvalue weighted by Crippen LogP contribution is 2.27. The number of carbonyl (C=O) groups excluding carboxylic acids is 1. The molecule has 0 radical (unpaired) electrons. The van der Waals surface area contributed by atoms with Crippen molar-refractivity contribution in [1.29, 1.82) is 0 Å². The molecule has 1 unspecified atom stereocenters. The maximum absolute atomic E-state index is 12.3. The average Bonchev–Trinajstić information content (AvgIpc) is 3.17. The van der Waals surface area contributed by atoms with Crippen molar-refractivity contribution in [3.05, 3.63) is 5.82 Å². The first-order valence-electron chi connectivity index (χ1n) is 8.12. The third-order valence-electron chi connectivity index (χ3n) is 4.74. The predicted molar refractivity (Wildman–Crippen MR) is 87.0 cm³/mol. The van der Waals surface area contributed by atoms with Crippen LogP contribution in [-0.4, -0.2) is 69.5 Å². The van der Waals surface area contributed by atoms with Crippen LogP contribution in [0.1, 0.15) is 37.4 Å². The zero-order valence-electron chi connectivity index (χ0n) is 13.5. The summed E-state index contributed by atoms with van der Waals surface area (Å²) in [7, 11) is 2.04. The third-order valence-corrected chi connectivity index (χ3v) is 5.46. The minimum Gasteiger partial charge on any atom is -0.342 e. The fourth-order valence-electron chi connectivity index (χ4n) is 3.53. The Morgan fingerprint density at radius 3 is 2.68 bits per heavy atom. The maximum Gasteiger partial charge on any atom is 0.236 e. The molecule has 0 aliphatic carbocycles. The Morgan fingerprint density at radius 2 is 2.00 bits per heavy atom. The van der Waals surface area contributed by atoms with Crippen molar-refractivity contribution >= 4 is 17.7 Å². The van der Waals surface area contributed by atoms with Crippen LogP contribution in [0.5, 0.6) is 0 Å². The van der Waals surface area contributed by atoms with Crippen LogP contribution < -0.4 is 0 Å². The van der Waals surface area contributed by atoms with Crippen LogP contribution in [0.3, 0.4) is 0 Å². The summed E-state index contributed by atoms with van der Waals surface area (Å²) in [4.78, 5) is 16.6. The lowest BCUT2D eigenvalue weighted by atomic mass is 9.97. The summed E-state index contributed by atoms with van der Waals surface area (Å²) in [6.07, 6.45) is 6.60. The van der Waals surface area contributed by atoms with Crippen molar-refractivity contribution in [2.75, 3.05) is 39.0 Å². The molecule has 122 valence electrons. The largest absolute Gasteiger partial charge is 0.342 e. The highest BCUT2D eigenvalue weighted by atomic mass is 32.2. The molecule has 3 rings (SSSR count). The molecule has 0 spiro atoms. The third kappa shape index (κ3) is 3.30. The maximum atomic E-state index is 12.3. The minimum absolute atomic E-state index is 0.293. The quantitative estimate of drug-likeness (QED) is 0.783. The summed E-state index contributed by atoms with van der Waals surface area (Å²) in [5, 5.41) is 9.57. The van der Waals surface area contributed by atoms with Gasteiger partial charge in [-0.3, -0.25) is 9.69 Å². The van der Waals surface area contributed by atoms with Gasteiger partial charge < -0.3 is 9.47 Å². The number of aromatic nitrogens is 3. The molecule has 0 N–H and O–H groups in total. The lowest BCUT2D eigenvalue weighted by Crippen LogP contribution is -2.43. The summed E-state index contributed by atoms with van der Waals surface area (Å²) in [5.41, 5.74) is 0. The Hall–Kier alpha value is -1.08. The molecule has 0 aromatic carbocycles. The topological polar surface area (TPSA) is 54.3 Å². The van der Waals surface area contributed by atoms with E-state index in [2.05, 4.69) is 19.7 Å². The lowest BCUT2D eigenvalue weighted by molar-refractivity contribution is -0.131. The van der Waals surface area contributed by atoms with E-state index in [1.165, 1.54) is 0 Å². The van der Waals surface area contributed by atoms with Crippen LogP contribution in [0.4, 0.5) is 0 Å². The predicted octanol–water partition coefficient (Wildman–Crippen LogP) is 1.34. The molecule has 7 heteroatoms. The van der Waals surface area contributed by atoms with Crippen LogP contribution >= 0.6 is 11.8 Å². The summed E-state index contributed by atoms with van der Waals surface area (Å²) >= 11 is 1.62. The van der Waals surface area contributed by atoms with Gasteiger partial charge in [-0.2, -0.15) is 0 Å². The average molecular weight is 323 g/mol. The molecule has 2 fully saturated rings. The first-order valence-corrected chi connectivity index (χ1v) is 9.35. The zero-order valence-corrected chi connectivity index (χ0v) is 14.3. The van der Waals surface area contributed by atoms with Gasteiger partial charge in [0, 0.05) is 32.6 Å². The number of carbonyl (C=O) groups is 1. The molecule has 1 aromatic heterocycles. The summed E-state index contributed by atoms with van der Waals surface area (Å²) in [6, 6.07) is 0. The fraction of sp³-hybridized carbons (Fsp3) is 0.800. The van der Waals surface area contributed by atoms with Gasteiger partial charge in [-0.1, -0.05) is 11.8 Å². The minimum atomic E-state index is 0.293. The van der Waals surface area contributed by atoms with E-state index in [9.17, 15) is 4.79 Å². The standard InChI is InChI=1S/C15H25N5OS/c1-18-14(16-17-15(18)22-2)12-6-5-7-19(10-12)11-13(21)20-8-3-4-9-20/h12H,3-11H2,1-2H3. The Labute approximate surface area is 136 Å². The number of piperidine rings is 1. The van der Waals surface area contributed by atoms with E-state index >= 15 is 0 Å². The van der Waals surface area contributed by atoms with Crippen molar-refractivity contribution in [2.45, 2.75) is 36.8 Å². The highest BCUT2D eigenvalue weighted by molar-refractivity contribution is 7.98. The summed E-state index contributed by atoms with van der Waals surface area (Å²) in [6.45, 7) is 4.37. The molecule has 1 atom stereocenters. The van der Waals surface area contributed by atoms with E-state index in [1.807, 2.05) is 18.2 Å². The Bertz CT molecular complexity index is 526. The summed E-state index contributed by atoms with van der Waals surface area (Å²) < 4.78 is 2.10. The lowest BCUT2D eigenvalue weighted by Gasteiger charge is -2.32. The zero-order chi connectivity index (χ0) is 15.5. The molecule has 1 aromatic rings. The number of amides is 1. The first kappa shape index (κ1) is 15.8. The van der Waals surface area contributed by atoms with Gasteiger partial charge in [0.2, 0.25) is 5.91 Å². The SMILES string of the molecule is CSc1nnc(C2CCCN(CC(=O)N3CCCC3)C2)n1C. The van der Waals surface area contributed by atoms with E-state index in [1.54, 1.807) is 11.8 Å². The molecule has 0 saturated carbocycles. The van der Waals surface area contributed by atoms with Gasteiger partial charge in [0.15, 0.2) is 5.16 Å². The van der Waals surface area contributed by atoms with Crippen molar-refractivity contribution in [3.63, 3.8) is 0 Å². The highest BCUT2D eigenvalue weighted by Gasteiger charge is 2.28. The van der Waals surface area contributed by atoms with E-state index in [-0.39, 0.29) is 0 Å². The fourth-order valence-corrected chi connectivity index (χ4v) is 4.02. The number of hydrogen-bond donors (Lipinski definition) is 0. The Morgan fingerprint density at radius 1 is 1.23 bits per heavy atom. The van der Waals surface area contributed by atoms with Gasteiger partial charge in [0.05, 0.1) is 6.54 Å². The number of rotatable bonds is 4. The van der Waals surface area contributed by atoms with Gasteiger partial charge >= 0.3 is 0 Å². The smallest absolute Gasteiger partial charge is 0.236 e. The molecular weight excluding hydrogens is 298 g/mol. The summed E-state index contributed by atoms with van der Waals surface area (Å²) in [5.74, 6) is 1.74. The molecule has 2 aliphatic heterocycles. The van der Waals surface area contributed by atoms with Gasteiger partial charge in [-0.15, -0.1) is 10.2 Å². The molecule has 2 saturated heterocycles. The van der Waals surface area contributed by atoms with Crippen LogP contribution in [0, 0.1) is 0 Å². The number of hydrogen-bond acceptors (Lipinski definition) is 5. The molecule has 2 aliphatic rings. The molecular formula is C15H25N5OS. The molecule has 1 amide bonds. The molecule has 0 bridgehead atoms. The normalized spacial score (nSPS) is 23.2. The van der Waals surface area contributed by atoms with Crippen LogP contribution in [0.25, 0.3) is 0 Å². The molecule has 6 nitrogen and oxygen atoms in total. The first-order chi connectivity index (χ1) is 10.7. The van der Waals surface area contributed by atoms with E-state index in [0.29, 0.717) is 18.4 Å². The van der Waals surface area contributed by atoms with Crippen molar-refractivity contribution < 1.29 is 4.79 Å².